The number of pyridine rings is 5. The zero-order valence-corrected chi connectivity index (χ0v) is 91.6. The first-order chi connectivity index (χ1) is 65.5. The van der Waals surface area contributed by atoms with Crippen molar-refractivity contribution in [1.82, 2.24) is 24.9 Å². The van der Waals surface area contributed by atoms with Crippen LogP contribution in [0.5, 0.6) is 0 Å². The molecule has 0 saturated carbocycles. The molecule has 0 bridgehead atoms. The molecule has 1 aliphatic rings. The van der Waals surface area contributed by atoms with Crippen molar-refractivity contribution in [3.63, 3.8) is 0 Å². The number of aliphatic hydroxyl groups excluding tert-OH is 5. The molecule has 0 amide bonds. The van der Waals surface area contributed by atoms with E-state index < -0.39 is 11.6 Å². The van der Waals surface area contributed by atoms with Crippen LogP contribution in [0.15, 0.2) is 369 Å². The summed E-state index contributed by atoms with van der Waals surface area (Å²) in [5.74, 6) is -1.66. The number of rotatable bonds is 11. The second-order valence-electron chi connectivity index (χ2n) is 31.8. The first-order valence-corrected chi connectivity index (χ1v) is 43.2. The van der Waals surface area contributed by atoms with E-state index in [2.05, 4.69) is 179 Å². The Labute approximate surface area is 894 Å². The van der Waals surface area contributed by atoms with E-state index >= 15 is 0 Å². The zero-order chi connectivity index (χ0) is 99.3. The van der Waals surface area contributed by atoms with Gasteiger partial charge < -0.3 is 25.5 Å². The van der Waals surface area contributed by atoms with Crippen LogP contribution in [0.2, 0.25) is 0 Å². The molecule has 17 nitrogen and oxygen atoms in total. The van der Waals surface area contributed by atoms with Gasteiger partial charge in [0, 0.05) is 148 Å². The normalized spacial score (nSPS) is 11.0. The average Bonchev–Trinajstić information content (AvgIpc) is 1.58. The van der Waals surface area contributed by atoms with Crippen LogP contribution in [-0.4, -0.2) is 79.4 Å². The van der Waals surface area contributed by atoms with Gasteiger partial charge in [-0.1, -0.05) is 238 Å². The van der Waals surface area contributed by atoms with Crippen molar-refractivity contribution in [3.8, 4) is 78.5 Å². The fraction of sp³-hybridized carbons (Fsp3) is 0.119. The molecule has 0 unspecified atom stereocenters. The minimum absolute atomic E-state index is 0. The van der Waals surface area contributed by atoms with Crippen molar-refractivity contribution in [2.24, 2.45) is 0 Å². The molecule has 5 N–H and O–H groups in total. The Morgan fingerprint density at radius 1 is 0.324 bits per heavy atom. The van der Waals surface area contributed by atoms with Crippen molar-refractivity contribution in [2.45, 2.75) is 95.4 Å². The molecule has 18 rings (SSSR count). The maximum absolute atomic E-state index is 13.1. The van der Waals surface area contributed by atoms with Crippen molar-refractivity contribution in [2.75, 3.05) is 0 Å². The van der Waals surface area contributed by atoms with E-state index in [1.54, 1.807) is 30.3 Å². The van der Waals surface area contributed by atoms with Crippen LogP contribution in [0.3, 0.4) is 0 Å². The van der Waals surface area contributed by atoms with Crippen LogP contribution in [0.4, 0.5) is 20.2 Å². The molecule has 17 aromatic rings. The topological polar surface area (TPSA) is 260 Å². The number of fused-ring (bicyclic) bond motifs is 8. The maximum atomic E-state index is 13.1. The van der Waals surface area contributed by atoms with Gasteiger partial charge in [0.15, 0.2) is 28.9 Å². The predicted octanol–water partition coefficient (Wildman–Crippen LogP) is 29.3. The fourth-order valence-electron chi connectivity index (χ4n) is 14.0. The van der Waals surface area contributed by atoms with Crippen LogP contribution in [0.1, 0.15) is 99.8 Å². The molecular weight excluding hydrogens is 2670 g/mol. The summed E-state index contributed by atoms with van der Waals surface area (Å²) in [5.41, 5.74) is 23.1. The van der Waals surface area contributed by atoms with Gasteiger partial charge in [0.05, 0.1) is 69.5 Å². The average molecular weight is 2780 g/mol. The summed E-state index contributed by atoms with van der Waals surface area (Å²) in [6.45, 7) is 35.2. The van der Waals surface area contributed by atoms with Crippen LogP contribution in [-0.2, 0) is 130 Å². The Kier molecular flexibility index (Phi) is 50.8. The van der Waals surface area contributed by atoms with Gasteiger partial charge in [-0.25, -0.2) is 8.78 Å². The summed E-state index contributed by atoms with van der Waals surface area (Å²) in [6, 6.07) is 116. The Hall–Kier alpha value is -14.2. The standard InChI is InChI=1S/C24H18N.C22H13N2.C16H9N2.C16H12N.C15H8F2N.5C5H8O2.5Ir/c1-24(2)20-9-5-4-8-18(20)19-13-11-17(15-21(19)24)23-14-12-16-7-3-6-10-22(16)25-23;1-23-18-11-7-10-17(14-18)22-15-20(16-8-3-2-4-9-16)19-12-5-6-13-21(19)24-22;1-17-14-7-4-6-13(11-14)16-10-9-12-5-2-3-8-15(12)18-16;1-12-5-4-7-14(11-12)16-10-9-13-6-2-3-8-15(13)17-16;16-12-7-11(8-13(17)9-12)15-6-5-10-3-1-2-4-14(10)18-15;5*1-4(6)3-5(2)7;;;;;/h3-10,12-15H,1-2H3;2-9,11-15H;2-5,7-11H;2-6,8-11H,1H3;1-7,9H;5*3,6H,1-2H3;;;;;/q5*-1;;;;;;;;;;. The number of hydrogen-bond acceptors (Lipinski definition) is 15. The monoisotopic (exact) mass is 2780 g/mol. The third kappa shape index (κ3) is 38.1. The Morgan fingerprint density at radius 3 is 1.03 bits per heavy atom. The largest absolute Gasteiger partial charge is 0.512 e. The van der Waals surface area contributed by atoms with E-state index in [9.17, 15) is 32.8 Å². The summed E-state index contributed by atoms with van der Waals surface area (Å²) in [5, 5.41) is 47.4. The van der Waals surface area contributed by atoms with Crippen LogP contribution in [0, 0.1) is 62.0 Å². The summed E-state index contributed by atoms with van der Waals surface area (Å²) in [6.07, 6.45) is 5.83. The van der Waals surface area contributed by atoms with Gasteiger partial charge in [0.25, 0.3) is 0 Å². The minimum atomic E-state index is -0.722. The third-order valence-corrected chi connectivity index (χ3v) is 19.7. The maximum Gasteiger partial charge on any atom is 0.155 e. The van der Waals surface area contributed by atoms with E-state index in [4.69, 9.17) is 48.6 Å². The quantitative estimate of drug-likeness (QED) is 0.0458. The summed E-state index contributed by atoms with van der Waals surface area (Å²) in [7, 11) is 0. The van der Waals surface area contributed by atoms with E-state index in [0.717, 1.165) is 106 Å². The number of aryl methyl sites for hydroxylation is 1. The van der Waals surface area contributed by atoms with E-state index in [1.807, 2.05) is 164 Å². The Balaban J connectivity index is 0.000000340. The molecule has 5 radical (unpaired) electrons. The van der Waals surface area contributed by atoms with Gasteiger partial charge in [0.2, 0.25) is 0 Å². The minimum Gasteiger partial charge on any atom is -0.512 e. The second-order valence-corrected chi connectivity index (χ2v) is 31.8. The number of carbonyl (C=O) groups excluding carboxylic acids is 5. The first-order valence-electron chi connectivity index (χ1n) is 43.2. The molecule has 5 heterocycles. The van der Waals surface area contributed by atoms with Gasteiger partial charge in [-0.3, -0.25) is 58.6 Å². The van der Waals surface area contributed by atoms with Crippen LogP contribution in [0.25, 0.3) is 143 Å². The van der Waals surface area contributed by atoms with Gasteiger partial charge in [-0.05, 0) is 172 Å². The number of para-hydroxylation sites is 5. The van der Waals surface area contributed by atoms with Gasteiger partial charge in [-0.2, -0.15) is 12.1 Å². The van der Waals surface area contributed by atoms with Crippen molar-refractivity contribution in [1.29, 1.82) is 0 Å². The van der Waals surface area contributed by atoms with Crippen LogP contribution >= 0.6 is 0 Å². The van der Waals surface area contributed by atoms with E-state index in [1.165, 1.54) is 144 Å². The molecule has 0 aliphatic heterocycles. The summed E-state index contributed by atoms with van der Waals surface area (Å²) in [4.78, 5) is 80.2. The number of halogens is 2. The molecule has 5 aromatic heterocycles. The molecule has 0 atom stereocenters. The second kappa shape index (κ2) is 60.1. The number of hydrogen-bond donors (Lipinski definition) is 5. The third-order valence-electron chi connectivity index (χ3n) is 19.7. The van der Waals surface area contributed by atoms with E-state index in [-0.39, 0.29) is 164 Å². The number of aliphatic hydroxyl groups is 5. The number of nitrogens with zero attached hydrogens (tertiary/aromatic N) is 7. The van der Waals surface area contributed by atoms with Gasteiger partial charge in [0.1, 0.15) is 11.4 Å². The van der Waals surface area contributed by atoms with Gasteiger partial charge >= 0.3 is 0 Å². The fourth-order valence-corrected chi connectivity index (χ4v) is 14.0. The number of benzene rings is 12. The Bertz CT molecular complexity index is 7280. The number of ketones is 5. The number of allylic oxidation sites excluding steroid dienone is 10. The van der Waals surface area contributed by atoms with Crippen LogP contribution < -0.4 is 0 Å². The molecular formula is C118H100F2Ir5N7O10-5. The molecule has 0 spiro atoms. The van der Waals surface area contributed by atoms with E-state index in [0.29, 0.717) is 22.6 Å². The van der Waals surface area contributed by atoms with Crippen molar-refractivity contribution < 1.29 is 159 Å². The molecule has 12 aromatic carbocycles. The number of carbonyl (C=O) groups is 5. The SMILES string of the molecule is CC(=O)C=C(C)O.CC(=O)C=C(C)O.CC(=O)C=C(C)O.CC(=O)C=C(C)O.CC(=O)C=C(C)O.CC1(C)c2ccccc2-c2c[c-]c(-c3ccc4ccccc4n3)cc21.Cc1cc[c-]c(-c2ccc3ccccc3n2)c1.Fc1[c-]c(-c2ccc3ccccc3n2)cc(F)c1.[C-]#[N+]c1cc[c-]c(-c2cc(-c3ccccc3)c3ccccc3n2)c1.[C-]#[N+]c1cc[c-]c(-c2ccc3ccccc3n2)c1.[Ir].[Ir].[Ir].[Ir].[Ir]. The summed E-state index contributed by atoms with van der Waals surface area (Å²) >= 11 is 0. The molecule has 1 aliphatic carbocycles. The zero-order valence-electron chi connectivity index (χ0n) is 79.7. The van der Waals surface area contributed by atoms with Crippen molar-refractivity contribution >= 4 is 94.8 Å². The van der Waals surface area contributed by atoms with Crippen molar-refractivity contribution in [3.05, 3.63) is 450 Å². The Morgan fingerprint density at radius 2 is 0.655 bits per heavy atom. The smallest absolute Gasteiger partial charge is 0.155 e. The molecule has 24 heteroatoms. The predicted molar refractivity (Wildman–Crippen MR) is 546 cm³/mol. The molecule has 731 valence electrons. The summed E-state index contributed by atoms with van der Waals surface area (Å²) < 4.78 is 26.2. The molecule has 0 saturated heterocycles. The molecule has 142 heavy (non-hydrogen) atoms. The molecule has 0 fully saturated rings. The number of aromatic nitrogens is 5. The first kappa shape index (κ1) is 120. The van der Waals surface area contributed by atoms with Gasteiger partial charge in [-0.15, -0.1) is 130 Å².